The molecule has 0 saturated carbocycles. The van der Waals surface area contributed by atoms with Crippen molar-refractivity contribution < 1.29 is 4.52 Å². The normalized spacial score (nSPS) is 10.5. The van der Waals surface area contributed by atoms with Crippen LogP contribution in [0, 0.1) is 4.64 Å². The monoisotopic (exact) mass is 221 g/mol. The molecule has 2 rings (SSSR count). The summed E-state index contributed by atoms with van der Waals surface area (Å²) in [6, 6.07) is 3.72. The van der Waals surface area contributed by atoms with E-state index in [1.807, 2.05) is 12.1 Å². The van der Waals surface area contributed by atoms with E-state index in [4.69, 9.17) is 16.7 Å². The van der Waals surface area contributed by atoms with Crippen LogP contribution >= 0.6 is 12.2 Å². The van der Waals surface area contributed by atoms with Crippen LogP contribution in [0.25, 0.3) is 11.5 Å². The fraction of sp³-hybridized carbons (Fsp3) is 0.300. The molecule has 0 amide bonds. The second-order valence-electron chi connectivity index (χ2n) is 3.18. The summed E-state index contributed by atoms with van der Waals surface area (Å²) in [5.41, 5.74) is 0.780. The molecule has 0 spiro atoms. The van der Waals surface area contributed by atoms with Crippen molar-refractivity contribution >= 4 is 12.2 Å². The van der Waals surface area contributed by atoms with Gasteiger partial charge in [0.15, 0.2) is 5.82 Å². The van der Waals surface area contributed by atoms with Crippen molar-refractivity contribution in [1.82, 2.24) is 15.1 Å². The molecule has 0 aliphatic rings. The van der Waals surface area contributed by atoms with Gasteiger partial charge in [-0.1, -0.05) is 24.3 Å². The second-order valence-corrected chi connectivity index (χ2v) is 3.59. The highest BCUT2D eigenvalue weighted by atomic mass is 32.1. The van der Waals surface area contributed by atoms with E-state index in [1.165, 1.54) is 0 Å². The van der Waals surface area contributed by atoms with Gasteiger partial charge in [0, 0.05) is 12.6 Å². The maximum absolute atomic E-state index is 5.14. The van der Waals surface area contributed by atoms with Crippen molar-refractivity contribution in [2.24, 2.45) is 0 Å². The molecule has 5 heteroatoms. The predicted octanol–water partition coefficient (Wildman–Crippen LogP) is 2.75. The molecular formula is C10H11N3OS. The van der Waals surface area contributed by atoms with Crippen LogP contribution in [0.1, 0.15) is 19.2 Å². The number of pyridine rings is 1. The maximum atomic E-state index is 5.14. The Labute approximate surface area is 92.3 Å². The fourth-order valence-electron chi connectivity index (χ4n) is 1.28. The number of rotatable bonds is 3. The molecule has 2 aromatic heterocycles. The topological polar surface area (TPSA) is 54.7 Å². The minimum absolute atomic E-state index is 0.486. The average Bonchev–Trinajstić information content (AvgIpc) is 2.68. The van der Waals surface area contributed by atoms with E-state index in [-0.39, 0.29) is 0 Å². The van der Waals surface area contributed by atoms with Gasteiger partial charge in [-0.15, -0.1) is 0 Å². The molecule has 0 unspecified atom stereocenters. The lowest BCUT2D eigenvalue weighted by Gasteiger charge is -1.92. The molecule has 1 N–H and O–H groups in total. The van der Waals surface area contributed by atoms with Crippen LogP contribution in [0.2, 0.25) is 0 Å². The van der Waals surface area contributed by atoms with Crippen LogP contribution in [0.5, 0.6) is 0 Å². The number of aromatic amines is 1. The molecule has 0 radical (unpaired) electrons. The van der Waals surface area contributed by atoms with Crippen LogP contribution in [-0.4, -0.2) is 15.1 Å². The summed E-state index contributed by atoms with van der Waals surface area (Å²) in [6.45, 7) is 2.07. The molecule has 2 heterocycles. The number of hydrogen-bond acceptors (Lipinski definition) is 4. The molecule has 0 aliphatic carbocycles. The summed E-state index contributed by atoms with van der Waals surface area (Å²) >= 11 is 5.12. The van der Waals surface area contributed by atoms with Gasteiger partial charge in [0.2, 0.25) is 0 Å². The van der Waals surface area contributed by atoms with Crippen molar-refractivity contribution in [2.75, 3.05) is 0 Å². The molecule has 0 aromatic carbocycles. The zero-order valence-electron chi connectivity index (χ0n) is 8.36. The number of nitrogens with one attached hydrogen (secondary N) is 1. The van der Waals surface area contributed by atoms with Crippen molar-refractivity contribution in [3.63, 3.8) is 0 Å². The first-order chi connectivity index (χ1) is 7.31. The Bertz CT molecular complexity index is 503. The largest absolute Gasteiger partial charge is 0.352 e. The Morgan fingerprint density at radius 1 is 1.53 bits per heavy atom. The van der Waals surface area contributed by atoms with Gasteiger partial charge < -0.3 is 9.51 Å². The number of H-pyrrole nitrogens is 1. The maximum Gasteiger partial charge on any atom is 0.260 e. The van der Waals surface area contributed by atoms with E-state index < -0.39 is 0 Å². The second kappa shape index (κ2) is 4.35. The quantitative estimate of drug-likeness (QED) is 0.810. The summed E-state index contributed by atoms with van der Waals surface area (Å²) in [4.78, 5) is 7.19. The third kappa shape index (κ3) is 2.12. The van der Waals surface area contributed by atoms with Crippen LogP contribution < -0.4 is 0 Å². The number of hydrogen-bond donors (Lipinski definition) is 1. The van der Waals surface area contributed by atoms with Gasteiger partial charge in [0.25, 0.3) is 5.89 Å². The first-order valence-electron chi connectivity index (χ1n) is 4.82. The van der Waals surface area contributed by atoms with E-state index in [0.717, 1.165) is 24.2 Å². The number of nitrogens with zero attached hydrogens (tertiary/aromatic N) is 2. The molecule has 78 valence electrons. The van der Waals surface area contributed by atoms with Crippen LogP contribution in [0.15, 0.2) is 22.9 Å². The first kappa shape index (κ1) is 10.0. The SMILES string of the molecule is CCCc1noc(-c2ccc[nH]c2=S)n1. The Balaban J connectivity index is 2.38. The molecule has 0 saturated heterocycles. The Morgan fingerprint density at radius 2 is 2.40 bits per heavy atom. The van der Waals surface area contributed by atoms with Gasteiger partial charge >= 0.3 is 0 Å². The van der Waals surface area contributed by atoms with Gasteiger partial charge in [0.1, 0.15) is 4.64 Å². The predicted molar refractivity (Wildman–Crippen MR) is 58.9 cm³/mol. The van der Waals surface area contributed by atoms with E-state index >= 15 is 0 Å². The van der Waals surface area contributed by atoms with Crippen LogP contribution in [0.4, 0.5) is 0 Å². The van der Waals surface area contributed by atoms with Crippen molar-refractivity contribution in [1.29, 1.82) is 0 Å². The van der Waals surface area contributed by atoms with Gasteiger partial charge in [-0.2, -0.15) is 4.98 Å². The highest BCUT2D eigenvalue weighted by molar-refractivity contribution is 7.71. The number of aryl methyl sites for hydroxylation is 1. The van der Waals surface area contributed by atoms with Crippen LogP contribution in [0.3, 0.4) is 0 Å². The van der Waals surface area contributed by atoms with Gasteiger partial charge in [-0.3, -0.25) is 0 Å². The van der Waals surface area contributed by atoms with E-state index in [0.29, 0.717) is 10.5 Å². The van der Waals surface area contributed by atoms with Crippen molar-refractivity contribution in [3.05, 3.63) is 28.8 Å². The minimum Gasteiger partial charge on any atom is -0.352 e. The van der Waals surface area contributed by atoms with E-state index in [9.17, 15) is 0 Å². The van der Waals surface area contributed by atoms with Crippen molar-refractivity contribution in [3.8, 4) is 11.5 Å². The summed E-state index contributed by atoms with van der Waals surface area (Å²) in [5.74, 6) is 1.21. The molecule has 0 fully saturated rings. The lowest BCUT2D eigenvalue weighted by Crippen LogP contribution is -1.86. The molecule has 0 atom stereocenters. The smallest absolute Gasteiger partial charge is 0.260 e. The highest BCUT2D eigenvalue weighted by Crippen LogP contribution is 2.17. The molecule has 0 aliphatic heterocycles. The Hall–Kier alpha value is -1.49. The zero-order valence-corrected chi connectivity index (χ0v) is 9.17. The first-order valence-corrected chi connectivity index (χ1v) is 5.22. The fourth-order valence-corrected chi connectivity index (χ4v) is 1.50. The van der Waals surface area contributed by atoms with Gasteiger partial charge in [0.05, 0.1) is 5.56 Å². The van der Waals surface area contributed by atoms with E-state index in [1.54, 1.807) is 6.20 Å². The minimum atomic E-state index is 0.486. The summed E-state index contributed by atoms with van der Waals surface area (Å²) in [5, 5.41) is 3.88. The van der Waals surface area contributed by atoms with Crippen LogP contribution in [-0.2, 0) is 6.42 Å². The third-order valence-corrected chi connectivity index (χ3v) is 2.33. The summed E-state index contributed by atoms with van der Waals surface area (Å²) < 4.78 is 5.75. The average molecular weight is 221 g/mol. The Kier molecular flexibility index (Phi) is 2.91. The molecular weight excluding hydrogens is 210 g/mol. The van der Waals surface area contributed by atoms with Crippen molar-refractivity contribution in [2.45, 2.75) is 19.8 Å². The molecule has 4 nitrogen and oxygen atoms in total. The lowest BCUT2D eigenvalue weighted by molar-refractivity contribution is 0.422. The third-order valence-electron chi connectivity index (χ3n) is 1.99. The molecule has 2 aromatic rings. The van der Waals surface area contributed by atoms with Gasteiger partial charge in [-0.05, 0) is 18.6 Å². The zero-order chi connectivity index (χ0) is 10.7. The van der Waals surface area contributed by atoms with Gasteiger partial charge in [-0.25, -0.2) is 0 Å². The highest BCUT2D eigenvalue weighted by Gasteiger charge is 2.08. The Morgan fingerprint density at radius 3 is 3.13 bits per heavy atom. The lowest BCUT2D eigenvalue weighted by atomic mass is 10.3. The summed E-state index contributed by atoms with van der Waals surface area (Å²) in [7, 11) is 0. The van der Waals surface area contributed by atoms with E-state index in [2.05, 4.69) is 22.0 Å². The molecule has 0 bridgehead atoms. The molecule has 15 heavy (non-hydrogen) atoms. The summed E-state index contributed by atoms with van der Waals surface area (Å²) in [6.07, 6.45) is 3.60. The number of aromatic nitrogens is 3. The standard InChI is InChI=1S/C10H11N3OS/c1-2-4-8-12-9(14-13-8)7-5-3-6-11-10(7)15/h3,5-6H,2,4H2,1H3,(H,11,15).